The minimum atomic E-state index is -3.88. The molecule has 12 heteroatoms. The number of benzene rings is 2. The average Bonchev–Trinajstić information content (AvgIpc) is 3.39. The summed E-state index contributed by atoms with van der Waals surface area (Å²) in [5.74, 6) is -0.552. The van der Waals surface area contributed by atoms with Gasteiger partial charge in [0.2, 0.25) is 5.91 Å². The van der Waals surface area contributed by atoms with Crippen molar-refractivity contribution >= 4 is 50.5 Å². The van der Waals surface area contributed by atoms with Crippen molar-refractivity contribution in [1.82, 2.24) is 15.4 Å². The van der Waals surface area contributed by atoms with Crippen LogP contribution in [0.5, 0.6) is 0 Å². The Hall–Kier alpha value is -2.79. The van der Waals surface area contributed by atoms with E-state index in [0.29, 0.717) is 31.6 Å². The topological polar surface area (TPSA) is 85.0 Å². The van der Waals surface area contributed by atoms with Crippen molar-refractivity contribution in [3.05, 3.63) is 76.3 Å². The number of halogens is 3. The van der Waals surface area contributed by atoms with Gasteiger partial charge in [-0.2, -0.15) is 0 Å². The molecule has 3 aliphatic heterocycles. The Morgan fingerprint density at radius 2 is 1.85 bits per heavy atom. The highest BCUT2D eigenvalue weighted by molar-refractivity contribution is 7.89. The summed E-state index contributed by atoms with van der Waals surface area (Å²) in [5.41, 5.74) is 4.76. The van der Waals surface area contributed by atoms with Gasteiger partial charge in [0, 0.05) is 30.7 Å². The molecule has 0 radical (unpaired) electrons. The Morgan fingerprint density at radius 3 is 2.59 bits per heavy atom. The van der Waals surface area contributed by atoms with Crippen LogP contribution < -0.4 is 20.1 Å². The fraction of sp³-hybridized carbons (Fsp3) is 0.227. The Bertz CT molecular complexity index is 1320. The lowest BCUT2D eigenvalue weighted by molar-refractivity contribution is -0.118. The van der Waals surface area contributed by atoms with E-state index in [1.54, 1.807) is 35.3 Å². The second kappa shape index (κ2) is 8.77. The van der Waals surface area contributed by atoms with Gasteiger partial charge in [-0.3, -0.25) is 10.2 Å². The van der Waals surface area contributed by atoms with Crippen molar-refractivity contribution < 1.29 is 17.6 Å². The summed E-state index contributed by atoms with van der Waals surface area (Å²) >= 11 is 12.0. The molecule has 2 aromatic carbocycles. The molecule has 0 saturated carbocycles. The summed E-state index contributed by atoms with van der Waals surface area (Å²) < 4.78 is 39.2. The normalized spacial score (nSPS) is 20.0. The van der Waals surface area contributed by atoms with Gasteiger partial charge in [-0.25, -0.2) is 17.9 Å². The van der Waals surface area contributed by atoms with E-state index >= 15 is 0 Å². The highest BCUT2D eigenvalue weighted by Crippen LogP contribution is 2.38. The molecule has 1 atom stereocenters. The minimum absolute atomic E-state index is 0.0328. The van der Waals surface area contributed by atoms with E-state index in [0.717, 1.165) is 16.4 Å². The van der Waals surface area contributed by atoms with Gasteiger partial charge < -0.3 is 9.80 Å². The average molecular weight is 524 g/mol. The first kappa shape index (κ1) is 23.0. The number of carbonyl (C=O) groups excluding carboxylic acids is 1. The fourth-order valence-electron chi connectivity index (χ4n) is 4.42. The van der Waals surface area contributed by atoms with Gasteiger partial charge in [-0.15, -0.1) is 4.83 Å². The predicted molar refractivity (Wildman–Crippen MR) is 128 cm³/mol. The van der Waals surface area contributed by atoms with E-state index in [2.05, 4.69) is 10.3 Å². The van der Waals surface area contributed by atoms with Crippen molar-refractivity contribution in [1.29, 1.82) is 0 Å². The van der Waals surface area contributed by atoms with Crippen LogP contribution in [0.15, 0.2) is 64.8 Å². The van der Waals surface area contributed by atoms with Gasteiger partial charge in [-0.05, 0) is 67.0 Å². The summed E-state index contributed by atoms with van der Waals surface area (Å²) in [6, 6.07) is 8.69. The van der Waals surface area contributed by atoms with Gasteiger partial charge >= 0.3 is 0 Å². The number of sulfonamides is 1. The smallest absolute Gasteiger partial charge is 0.259 e. The predicted octanol–water partition coefficient (Wildman–Crippen LogP) is 3.25. The molecule has 1 amide bonds. The maximum atomic E-state index is 13.8. The molecule has 0 aliphatic carbocycles. The molecular formula is C22H20Cl2FN5O3S. The van der Waals surface area contributed by atoms with E-state index < -0.39 is 15.8 Å². The van der Waals surface area contributed by atoms with E-state index in [1.807, 2.05) is 4.90 Å². The van der Waals surface area contributed by atoms with Gasteiger partial charge in [0.25, 0.3) is 10.0 Å². The lowest BCUT2D eigenvalue weighted by atomic mass is 10.1. The van der Waals surface area contributed by atoms with Crippen LogP contribution in [0, 0.1) is 5.82 Å². The molecule has 178 valence electrons. The third-order valence-corrected chi connectivity index (χ3v) is 7.97. The van der Waals surface area contributed by atoms with E-state index in [4.69, 9.17) is 23.2 Å². The van der Waals surface area contributed by atoms with Crippen LogP contribution in [0.2, 0.25) is 5.02 Å². The van der Waals surface area contributed by atoms with E-state index in [-0.39, 0.29) is 27.0 Å². The Balaban J connectivity index is 1.30. The molecule has 34 heavy (non-hydrogen) atoms. The number of amides is 1. The van der Waals surface area contributed by atoms with Crippen molar-refractivity contribution in [3.63, 3.8) is 0 Å². The molecule has 2 N–H and O–H groups in total. The molecule has 1 saturated heterocycles. The van der Waals surface area contributed by atoms with Gasteiger partial charge in [0.15, 0.2) is 0 Å². The first-order chi connectivity index (χ1) is 16.2. The first-order valence-electron chi connectivity index (χ1n) is 10.5. The first-order valence-corrected chi connectivity index (χ1v) is 12.8. The molecule has 0 bridgehead atoms. The SMILES string of the molecule is O=C1[C@@H](N2CCc3c2ccc(F)c3Cl)CCN1c1ccc(S(=O)(=O)NN2C=CC=C(Cl)N2)cc1. The standard InChI is InChI=1S/C22H20Cl2FN5O3S/c23-20-2-1-11-30(26-20)27-34(32,33)15-5-3-14(4-6-15)28-13-10-19(22(28)31)29-12-9-16-18(29)8-7-17(25)21(16)24/h1-8,11,19,26-27H,9-10,12-13H2/t19-/m0/s1. The van der Waals surface area contributed by atoms with Crippen LogP contribution in [-0.2, 0) is 21.2 Å². The molecule has 0 aromatic heterocycles. The summed E-state index contributed by atoms with van der Waals surface area (Å²) in [7, 11) is -3.88. The number of nitrogens with zero attached hydrogens (tertiary/aromatic N) is 3. The zero-order valence-electron chi connectivity index (χ0n) is 17.7. The zero-order chi connectivity index (χ0) is 24.0. The number of nitrogens with one attached hydrogen (secondary N) is 2. The number of hydrogen-bond donors (Lipinski definition) is 2. The molecule has 0 spiro atoms. The molecule has 5 rings (SSSR count). The molecule has 3 aliphatic rings. The summed E-state index contributed by atoms with van der Waals surface area (Å²) in [6.07, 6.45) is 5.81. The highest BCUT2D eigenvalue weighted by Gasteiger charge is 2.39. The number of carbonyl (C=O) groups is 1. The monoisotopic (exact) mass is 523 g/mol. The maximum absolute atomic E-state index is 13.8. The Kier molecular flexibility index (Phi) is 5.93. The van der Waals surface area contributed by atoms with Crippen LogP contribution >= 0.6 is 23.2 Å². The quantitative estimate of drug-likeness (QED) is 0.585. The van der Waals surface area contributed by atoms with Crippen molar-refractivity contribution in [2.24, 2.45) is 0 Å². The summed E-state index contributed by atoms with van der Waals surface area (Å²) in [4.78, 5) is 19.2. The molecule has 8 nitrogen and oxygen atoms in total. The largest absolute Gasteiger partial charge is 0.359 e. The van der Waals surface area contributed by atoms with E-state index in [1.165, 1.54) is 24.4 Å². The summed E-state index contributed by atoms with van der Waals surface area (Å²) in [5, 5.41) is 1.50. The number of hydrogen-bond acceptors (Lipinski definition) is 6. The molecule has 1 fully saturated rings. The van der Waals surface area contributed by atoms with Crippen LogP contribution in [-0.4, -0.2) is 38.6 Å². The number of rotatable bonds is 5. The Labute approximate surface area is 206 Å². The van der Waals surface area contributed by atoms with Crippen molar-refractivity contribution in [2.45, 2.75) is 23.8 Å². The molecule has 0 unspecified atom stereocenters. The lowest BCUT2D eigenvalue weighted by Gasteiger charge is -2.26. The van der Waals surface area contributed by atoms with Crippen LogP contribution in [0.4, 0.5) is 15.8 Å². The third kappa shape index (κ3) is 4.11. The molecular weight excluding hydrogens is 504 g/mol. The number of hydrazine groups is 2. The molecule has 3 heterocycles. The number of fused-ring (bicyclic) bond motifs is 1. The second-order valence-electron chi connectivity index (χ2n) is 8.02. The highest BCUT2D eigenvalue weighted by atomic mass is 35.5. The fourth-order valence-corrected chi connectivity index (χ4v) is 5.80. The number of anilines is 2. The summed E-state index contributed by atoms with van der Waals surface area (Å²) in [6.45, 7) is 1.08. The molecule has 2 aromatic rings. The Morgan fingerprint density at radius 1 is 1.09 bits per heavy atom. The second-order valence-corrected chi connectivity index (χ2v) is 10.5. The van der Waals surface area contributed by atoms with E-state index in [9.17, 15) is 17.6 Å². The maximum Gasteiger partial charge on any atom is 0.259 e. The van der Waals surface area contributed by atoms with Crippen LogP contribution in [0.25, 0.3) is 0 Å². The van der Waals surface area contributed by atoms with Gasteiger partial charge in [-0.1, -0.05) is 23.2 Å². The van der Waals surface area contributed by atoms with Gasteiger partial charge in [0.1, 0.15) is 17.0 Å². The van der Waals surface area contributed by atoms with Crippen molar-refractivity contribution in [3.8, 4) is 0 Å². The van der Waals surface area contributed by atoms with Crippen molar-refractivity contribution in [2.75, 3.05) is 22.9 Å². The van der Waals surface area contributed by atoms with Crippen LogP contribution in [0.3, 0.4) is 0 Å². The van der Waals surface area contributed by atoms with Gasteiger partial charge in [0.05, 0.1) is 9.92 Å². The third-order valence-electron chi connectivity index (χ3n) is 6.02. The zero-order valence-corrected chi connectivity index (χ0v) is 20.0. The minimum Gasteiger partial charge on any atom is -0.359 e. The lowest BCUT2D eigenvalue weighted by Crippen LogP contribution is -2.46. The number of allylic oxidation sites excluding steroid dienone is 2. The van der Waals surface area contributed by atoms with Crippen LogP contribution in [0.1, 0.15) is 12.0 Å².